The van der Waals surface area contributed by atoms with Gasteiger partial charge in [0, 0.05) is 20.1 Å². The van der Waals surface area contributed by atoms with Crippen LogP contribution in [0.4, 0.5) is 0 Å². The van der Waals surface area contributed by atoms with Crippen LogP contribution in [0.2, 0.25) is 0 Å². The van der Waals surface area contributed by atoms with Crippen molar-refractivity contribution in [1.29, 1.82) is 0 Å². The lowest BCUT2D eigenvalue weighted by atomic mass is 10.1. The predicted octanol–water partition coefficient (Wildman–Crippen LogP) is 2.76. The van der Waals surface area contributed by atoms with Gasteiger partial charge in [0.25, 0.3) is 0 Å². The number of imidazole rings is 1. The third-order valence-corrected chi connectivity index (χ3v) is 6.49. The first-order chi connectivity index (χ1) is 13.7. The predicted molar refractivity (Wildman–Crippen MR) is 115 cm³/mol. The van der Waals surface area contributed by atoms with Crippen molar-refractivity contribution in [2.45, 2.75) is 37.0 Å². The molecule has 0 unspecified atom stereocenters. The Labute approximate surface area is 175 Å². The van der Waals surface area contributed by atoms with E-state index in [9.17, 15) is 13.2 Å². The Morgan fingerprint density at radius 3 is 2.52 bits per heavy atom. The van der Waals surface area contributed by atoms with E-state index in [2.05, 4.69) is 4.98 Å². The number of fused-ring (bicyclic) bond motifs is 1. The highest BCUT2D eigenvalue weighted by Crippen LogP contribution is 2.26. The Bertz CT molecular complexity index is 1140. The van der Waals surface area contributed by atoms with Crippen LogP contribution >= 0.6 is 11.8 Å². The number of rotatable bonds is 7. The van der Waals surface area contributed by atoms with Crippen molar-refractivity contribution in [3.05, 3.63) is 53.6 Å². The lowest BCUT2D eigenvalue weighted by Gasteiger charge is -2.17. The summed E-state index contributed by atoms with van der Waals surface area (Å²) in [6.45, 7) is 5.20. The fraction of sp³-hybridized carbons (Fsp3) is 0.300. The van der Waals surface area contributed by atoms with Crippen LogP contribution in [0.25, 0.3) is 11.0 Å². The molecule has 0 saturated carbocycles. The number of nitrogens with zero attached hydrogens (tertiary/aromatic N) is 3. The summed E-state index contributed by atoms with van der Waals surface area (Å²) in [5.41, 5.74) is 3.61. The largest absolute Gasteiger partial charge is 0.341 e. The minimum atomic E-state index is -3.79. The Kier molecular flexibility index (Phi) is 6.30. The molecular formula is C20H24N4O3S2. The summed E-state index contributed by atoms with van der Waals surface area (Å²) in [5, 5.41) is 5.88. The van der Waals surface area contributed by atoms with Crippen LogP contribution in [0.15, 0.2) is 52.5 Å². The molecule has 7 nitrogen and oxygen atoms in total. The number of hydrogen-bond acceptors (Lipinski definition) is 5. The van der Waals surface area contributed by atoms with Gasteiger partial charge in [-0.15, -0.1) is 0 Å². The molecule has 0 aliphatic carbocycles. The average molecular weight is 433 g/mol. The molecule has 0 saturated heterocycles. The summed E-state index contributed by atoms with van der Waals surface area (Å²) in [4.78, 5) is 18.8. The first-order valence-electron chi connectivity index (χ1n) is 9.14. The van der Waals surface area contributed by atoms with Crippen LogP contribution in [0.1, 0.15) is 18.1 Å². The fourth-order valence-electron chi connectivity index (χ4n) is 2.97. The summed E-state index contributed by atoms with van der Waals surface area (Å²) in [7, 11) is -2.01. The number of sulfonamides is 1. The highest BCUT2D eigenvalue weighted by Gasteiger charge is 2.17. The average Bonchev–Trinajstić information content (AvgIpc) is 3.03. The lowest BCUT2D eigenvalue weighted by Crippen LogP contribution is -2.27. The van der Waals surface area contributed by atoms with Crippen molar-refractivity contribution in [2.24, 2.45) is 5.14 Å². The molecule has 1 aromatic heterocycles. The highest BCUT2D eigenvalue weighted by atomic mass is 32.2. The maximum absolute atomic E-state index is 12.6. The van der Waals surface area contributed by atoms with Gasteiger partial charge >= 0.3 is 0 Å². The number of aromatic nitrogens is 2. The lowest BCUT2D eigenvalue weighted by molar-refractivity contribution is -0.127. The third-order valence-electron chi connectivity index (χ3n) is 4.62. The Morgan fingerprint density at radius 1 is 1.21 bits per heavy atom. The second-order valence-corrected chi connectivity index (χ2v) is 9.36. The van der Waals surface area contributed by atoms with Crippen LogP contribution in [-0.4, -0.2) is 41.6 Å². The van der Waals surface area contributed by atoms with Crippen LogP contribution in [0.5, 0.6) is 0 Å². The zero-order valence-corrected chi connectivity index (χ0v) is 18.3. The molecular weight excluding hydrogens is 408 g/mol. The molecule has 0 aliphatic heterocycles. The Hall–Kier alpha value is -2.36. The first-order valence-corrected chi connectivity index (χ1v) is 11.7. The smallest absolute Gasteiger partial charge is 0.238 e. The number of nitrogens with two attached hydrogens (primary N) is 1. The van der Waals surface area contributed by atoms with Gasteiger partial charge in [-0.3, -0.25) is 4.79 Å². The van der Waals surface area contributed by atoms with Gasteiger partial charge in [-0.05, 0) is 37.6 Å². The van der Waals surface area contributed by atoms with Crippen molar-refractivity contribution in [1.82, 2.24) is 14.5 Å². The van der Waals surface area contributed by atoms with Crippen molar-refractivity contribution in [3.8, 4) is 0 Å². The van der Waals surface area contributed by atoms with Crippen LogP contribution in [-0.2, 0) is 27.9 Å². The minimum Gasteiger partial charge on any atom is -0.341 e. The molecule has 2 N–H and O–H groups in total. The van der Waals surface area contributed by atoms with Gasteiger partial charge in [0.05, 0.1) is 21.7 Å². The maximum atomic E-state index is 12.6. The second-order valence-electron chi connectivity index (χ2n) is 6.86. The van der Waals surface area contributed by atoms with Gasteiger partial charge in [-0.1, -0.05) is 41.6 Å². The molecule has 0 bridgehead atoms. The summed E-state index contributed by atoms with van der Waals surface area (Å²) in [6, 6.07) is 12.7. The first kappa shape index (κ1) is 21.4. The van der Waals surface area contributed by atoms with Crippen molar-refractivity contribution < 1.29 is 13.2 Å². The van der Waals surface area contributed by atoms with Crippen molar-refractivity contribution in [2.75, 3.05) is 12.8 Å². The molecule has 3 aromatic rings. The molecule has 1 heterocycles. The van der Waals surface area contributed by atoms with E-state index in [1.807, 2.05) is 42.7 Å². The maximum Gasteiger partial charge on any atom is 0.238 e. The van der Waals surface area contributed by atoms with Gasteiger partial charge in [-0.25, -0.2) is 18.5 Å². The molecule has 154 valence electrons. The number of carbonyl (C=O) groups excluding carboxylic acids is 1. The van der Waals surface area contributed by atoms with E-state index < -0.39 is 10.0 Å². The number of hydrogen-bond donors (Lipinski definition) is 1. The van der Waals surface area contributed by atoms with E-state index in [0.717, 1.165) is 11.1 Å². The van der Waals surface area contributed by atoms with E-state index in [1.165, 1.54) is 29.5 Å². The highest BCUT2D eigenvalue weighted by molar-refractivity contribution is 7.99. The molecule has 0 atom stereocenters. The van der Waals surface area contributed by atoms with Gasteiger partial charge < -0.3 is 9.47 Å². The van der Waals surface area contributed by atoms with E-state index in [-0.39, 0.29) is 16.6 Å². The SMILES string of the molecule is CCn1c(SCC(=O)N(C)Cc2ccc(C)cc2)nc2cc(S(N)(=O)=O)ccc21. The second kappa shape index (κ2) is 8.56. The van der Waals surface area contributed by atoms with Crippen molar-refractivity contribution in [3.63, 3.8) is 0 Å². The topological polar surface area (TPSA) is 98.3 Å². The van der Waals surface area contributed by atoms with E-state index in [1.54, 1.807) is 18.0 Å². The van der Waals surface area contributed by atoms with Crippen LogP contribution in [0, 0.1) is 6.92 Å². The molecule has 0 spiro atoms. The molecule has 1 amide bonds. The summed E-state index contributed by atoms with van der Waals surface area (Å²) in [6.07, 6.45) is 0. The van der Waals surface area contributed by atoms with Crippen LogP contribution in [0.3, 0.4) is 0 Å². The monoisotopic (exact) mass is 432 g/mol. The van der Waals surface area contributed by atoms with E-state index in [0.29, 0.717) is 23.8 Å². The molecule has 0 radical (unpaired) electrons. The third kappa shape index (κ3) is 4.98. The van der Waals surface area contributed by atoms with E-state index >= 15 is 0 Å². The summed E-state index contributed by atoms with van der Waals surface area (Å²) < 4.78 is 25.1. The van der Waals surface area contributed by atoms with Gasteiger partial charge in [-0.2, -0.15) is 0 Å². The van der Waals surface area contributed by atoms with E-state index in [4.69, 9.17) is 5.14 Å². The van der Waals surface area contributed by atoms with Gasteiger partial charge in [0.2, 0.25) is 15.9 Å². The molecule has 0 fully saturated rings. The minimum absolute atomic E-state index is 0.00416. The zero-order valence-electron chi connectivity index (χ0n) is 16.6. The number of primary sulfonamides is 1. The molecule has 3 rings (SSSR count). The molecule has 0 aliphatic rings. The quantitative estimate of drug-likeness (QED) is 0.579. The van der Waals surface area contributed by atoms with Crippen LogP contribution < -0.4 is 5.14 Å². The number of aryl methyl sites for hydroxylation is 2. The zero-order chi connectivity index (χ0) is 21.2. The summed E-state index contributed by atoms with van der Waals surface area (Å²) in [5.74, 6) is 0.240. The normalized spacial score (nSPS) is 11.7. The number of thioether (sulfide) groups is 1. The Balaban J connectivity index is 1.73. The number of amides is 1. The molecule has 29 heavy (non-hydrogen) atoms. The van der Waals surface area contributed by atoms with Gasteiger partial charge in [0.1, 0.15) is 0 Å². The number of carbonyl (C=O) groups is 1. The van der Waals surface area contributed by atoms with Gasteiger partial charge in [0.15, 0.2) is 5.16 Å². The molecule has 2 aromatic carbocycles. The summed E-state index contributed by atoms with van der Waals surface area (Å²) >= 11 is 1.34. The van der Waals surface area contributed by atoms with Crippen molar-refractivity contribution >= 4 is 38.7 Å². The fourth-order valence-corrected chi connectivity index (χ4v) is 4.53. The standard InChI is InChI=1S/C20H24N4O3S2/c1-4-24-18-10-9-16(29(21,26)27)11-17(18)22-20(24)28-13-19(25)23(3)12-15-7-5-14(2)6-8-15/h5-11H,4,12-13H2,1-3H3,(H2,21,26,27). The number of benzene rings is 2. The molecule has 9 heteroatoms. The Morgan fingerprint density at radius 2 is 1.90 bits per heavy atom.